The lowest BCUT2D eigenvalue weighted by molar-refractivity contribution is 0.0390. The van der Waals surface area contributed by atoms with Crippen LogP contribution < -0.4 is 5.43 Å². The number of nitrogens with one attached hydrogen (secondary N) is 1. The highest BCUT2D eigenvalue weighted by Crippen LogP contribution is 2.21. The van der Waals surface area contributed by atoms with Crippen molar-refractivity contribution in [2.24, 2.45) is 5.10 Å². The number of hydrogen-bond acceptors (Lipinski definition) is 7. The monoisotopic (exact) mass is 287 g/mol. The predicted molar refractivity (Wildman–Crippen MR) is 78.2 cm³/mol. The van der Waals surface area contributed by atoms with Gasteiger partial charge in [-0.15, -0.1) is 0 Å². The van der Waals surface area contributed by atoms with Crippen molar-refractivity contribution in [1.29, 1.82) is 10.5 Å². The van der Waals surface area contributed by atoms with Gasteiger partial charge in [0.2, 0.25) is 5.71 Å². The molecular weight excluding hydrogens is 270 g/mol. The zero-order valence-corrected chi connectivity index (χ0v) is 11.9. The Kier molecular flexibility index (Phi) is 6.31. The fourth-order valence-corrected chi connectivity index (χ4v) is 1.72. The van der Waals surface area contributed by atoms with Crippen LogP contribution >= 0.6 is 0 Å². The molecule has 1 aromatic rings. The molecule has 1 rings (SSSR count). The lowest BCUT2D eigenvalue weighted by atomic mass is 10.0. The van der Waals surface area contributed by atoms with E-state index in [0.29, 0.717) is 11.3 Å². The predicted octanol–water partition coefficient (Wildman–Crippen LogP) is 0.458. The van der Waals surface area contributed by atoms with Crippen molar-refractivity contribution >= 4 is 11.4 Å². The van der Waals surface area contributed by atoms with Crippen LogP contribution in [0.4, 0.5) is 5.69 Å². The van der Waals surface area contributed by atoms with Gasteiger partial charge in [0.25, 0.3) is 0 Å². The number of nitriles is 2. The molecule has 0 amide bonds. The van der Waals surface area contributed by atoms with E-state index < -0.39 is 12.1 Å². The van der Waals surface area contributed by atoms with Gasteiger partial charge < -0.3 is 15.1 Å². The number of hydrazone groups is 1. The van der Waals surface area contributed by atoms with Crippen molar-refractivity contribution in [3.05, 3.63) is 29.8 Å². The molecule has 7 nitrogen and oxygen atoms in total. The lowest BCUT2D eigenvalue weighted by Crippen LogP contribution is -2.37. The second-order valence-electron chi connectivity index (χ2n) is 4.58. The molecule has 0 heterocycles. The van der Waals surface area contributed by atoms with E-state index in [0.717, 1.165) is 0 Å². The van der Waals surface area contributed by atoms with Crippen LogP contribution in [0.5, 0.6) is 0 Å². The Morgan fingerprint density at radius 2 is 1.86 bits per heavy atom. The van der Waals surface area contributed by atoms with Crippen LogP contribution in [-0.4, -0.2) is 47.6 Å². The first-order valence-corrected chi connectivity index (χ1v) is 6.22. The minimum Gasteiger partial charge on any atom is -0.395 e. The molecule has 0 radical (unpaired) electrons. The van der Waals surface area contributed by atoms with E-state index in [1.165, 1.54) is 0 Å². The molecule has 7 heteroatoms. The standard InChI is InChI=1S/C14H17N5O2/c1-19(2)13(9-20)14(21)10-3-5-11(6-4-10)17-18-12(7-15)8-16/h3-6,13-14,17,20-21H,9H2,1-2H3. The Morgan fingerprint density at radius 3 is 2.29 bits per heavy atom. The maximum Gasteiger partial charge on any atom is 0.237 e. The van der Waals surface area contributed by atoms with E-state index >= 15 is 0 Å². The van der Waals surface area contributed by atoms with Gasteiger partial charge in [0.1, 0.15) is 12.1 Å². The summed E-state index contributed by atoms with van der Waals surface area (Å²) in [4.78, 5) is 1.74. The van der Waals surface area contributed by atoms with Crippen LogP contribution in [0.3, 0.4) is 0 Å². The van der Waals surface area contributed by atoms with Crippen LogP contribution in [0.1, 0.15) is 11.7 Å². The summed E-state index contributed by atoms with van der Waals surface area (Å²) >= 11 is 0. The SMILES string of the molecule is CN(C)C(CO)C(O)c1ccc(NN=C(C#N)C#N)cc1. The molecule has 110 valence electrons. The van der Waals surface area contributed by atoms with Crippen LogP contribution in [0.15, 0.2) is 29.4 Å². The summed E-state index contributed by atoms with van der Waals surface area (Å²) < 4.78 is 0. The van der Waals surface area contributed by atoms with Gasteiger partial charge in [0.05, 0.1) is 24.4 Å². The van der Waals surface area contributed by atoms with Gasteiger partial charge in [0, 0.05) is 0 Å². The fraction of sp³-hybridized carbons (Fsp3) is 0.357. The topological polar surface area (TPSA) is 116 Å². The molecule has 0 spiro atoms. The first-order chi connectivity index (χ1) is 10.0. The smallest absolute Gasteiger partial charge is 0.237 e. The minimum atomic E-state index is -0.823. The summed E-state index contributed by atoms with van der Waals surface area (Å²) in [6.07, 6.45) is -0.823. The Bertz CT molecular complexity index is 553. The maximum absolute atomic E-state index is 10.2. The van der Waals surface area contributed by atoms with E-state index in [-0.39, 0.29) is 12.3 Å². The highest BCUT2D eigenvalue weighted by Gasteiger charge is 2.21. The largest absolute Gasteiger partial charge is 0.395 e. The Hall–Kier alpha value is -2.45. The fourth-order valence-electron chi connectivity index (χ4n) is 1.72. The van der Waals surface area contributed by atoms with Crippen LogP contribution in [0.2, 0.25) is 0 Å². The van der Waals surface area contributed by atoms with E-state index in [9.17, 15) is 10.2 Å². The number of anilines is 1. The van der Waals surface area contributed by atoms with Crippen molar-refractivity contribution in [3.8, 4) is 12.1 Å². The molecule has 2 unspecified atom stereocenters. The number of likely N-dealkylation sites (N-methyl/N-ethyl adjacent to an activating group) is 1. The first kappa shape index (κ1) is 16.6. The average molecular weight is 287 g/mol. The van der Waals surface area contributed by atoms with Crippen LogP contribution in [0, 0.1) is 22.7 Å². The lowest BCUT2D eigenvalue weighted by Gasteiger charge is -2.27. The molecular formula is C14H17N5O2. The molecule has 2 atom stereocenters. The Balaban J connectivity index is 2.81. The molecule has 1 aromatic carbocycles. The molecule has 0 aliphatic carbocycles. The van der Waals surface area contributed by atoms with Crippen LogP contribution in [-0.2, 0) is 0 Å². The normalized spacial score (nSPS) is 12.9. The highest BCUT2D eigenvalue weighted by atomic mass is 16.3. The summed E-state index contributed by atoms with van der Waals surface area (Å²) in [6, 6.07) is 9.59. The van der Waals surface area contributed by atoms with Gasteiger partial charge in [-0.2, -0.15) is 15.6 Å². The molecule has 0 saturated heterocycles. The quantitative estimate of drug-likeness (QED) is 0.517. The molecule has 0 aromatic heterocycles. The minimum absolute atomic E-state index is 0.161. The van der Waals surface area contributed by atoms with Gasteiger partial charge in [-0.05, 0) is 31.8 Å². The number of hydrogen-bond donors (Lipinski definition) is 3. The van der Waals surface area contributed by atoms with Gasteiger partial charge in [-0.1, -0.05) is 12.1 Å². The maximum atomic E-state index is 10.2. The van der Waals surface area contributed by atoms with Gasteiger partial charge in [0.15, 0.2) is 0 Å². The van der Waals surface area contributed by atoms with Crippen molar-refractivity contribution in [2.45, 2.75) is 12.1 Å². The molecule has 0 bridgehead atoms. The molecule has 0 aliphatic rings. The number of aliphatic hydroxyl groups excluding tert-OH is 2. The van der Waals surface area contributed by atoms with E-state index in [1.807, 2.05) is 0 Å². The van der Waals surface area contributed by atoms with Crippen molar-refractivity contribution in [3.63, 3.8) is 0 Å². The summed E-state index contributed by atoms with van der Waals surface area (Å²) in [7, 11) is 3.56. The third-order valence-corrected chi connectivity index (χ3v) is 2.98. The zero-order valence-electron chi connectivity index (χ0n) is 11.9. The third kappa shape index (κ3) is 4.55. The number of rotatable bonds is 6. The Morgan fingerprint density at radius 1 is 1.29 bits per heavy atom. The number of nitrogens with zero attached hydrogens (tertiary/aromatic N) is 4. The van der Waals surface area contributed by atoms with Gasteiger partial charge >= 0.3 is 0 Å². The molecule has 21 heavy (non-hydrogen) atoms. The van der Waals surface area contributed by atoms with Gasteiger partial charge in [-0.3, -0.25) is 5.43 Å². The van der Waals surface area contributed by atoms with Crippen molar-refractivity contribution in [1.82, 2.24) is 4.90 Å². The second-order valence-corrected chi connectivity index (χ2v) is 4.58. The summed E-state index contributed by atoms with van der Waals surface area (Å²) in [5, 5.41) is 40.2. The summed E-state index contributed by atoms with van der Waals surface area (Å²) in [5.74, 6) is 0. The van der Waals surface area contributed by atoms with Gasteiger partial charge in [-0.25, -0.2) is 0 Å². The van der Waals surface area contributed by atoms with E-state index in [2.05, 4.69) is 10.5 Å². The second kappa shape index (κ2) is 7.98. The highest BCUT2D eigenvalue weighted by molar-refractivity contribution is 6.10. The first-order valence-electron chi connectivity index (χ1n) is 6.22. The Labute approximate surface area is 123 Å². The number of benzene rings is 1. The zero-order chi connectivity index (χ0) is 15.8. The van der Waals surface area contributed by atoms with Crippen molar-refractivity contribution in [2.75, 3.05) is 26.1 Å². The van der Waals surface area contributed by atoms with Crippen molar-refractivity contribution < 1.29 is 10.2 Å². The molecule has 0 fully saturated rings. The van der Waals surface area contributed by atoms with E-state index in [1.54, 1.807) is 55.4 Å². The van der Waals surface area contributed by atoms with E-state index in [4.69, 9.17) is 10.5 Å². The average Bonchev–Trinajstić information content (AvgIpc) is 2.49. The third-order valence-electron chi connectivity index (χ3n) is 2.98. The summed E-state index contributed by atoms with van der Waals surface area (Å²) in [5.41, 5.74) is 3.54. The summed E-state index contributed by atoms with van der Waals surface area (Å²) in [6.45, 7) is -0.161. The molecule has 0 saturated carbocycles. The number of aliphatic hydroxyl groups is 2. The van der Waals surface area contributed by atoms with Crippen LogP contribution in [0.25, 0.3) is 0 Å². The molecule has 3 N–H and O–H groups in total. The molecule has 0 aliphatic heterocycles.